The van der Waals surface area contributed by atoms with Crippen LogP contribution in [0.25, 0.3) is 0 Å². The van der Waals surface area contributed by atoms with E-state index in [1.165, 1.54) is 0 Å². The molecule has 0 aromatic heterocycles. The van der Waals surface area contributed by atoms with Crippen molar-refractivity contribution in [1.82, 2.24) is 0 Å². The predicted octanol–water partition coefficient (Wildman–Crippen LogP) is 0.724. The second kappa shape index (κ2) is 13.2. The highest BCUT2D eigenvalue weighted by atomic mass is 16.7. The molecule has 8 aliphatic rings. The van der Waals surface area contributed by atoms with E-state index in [2.05, 4.69) is 34.6 Å². The van der Waals surface area contributed by atoms with Gasteiger partial charge in [0.15, 0.2) is 12.6 Å². The Bertz CT molecular complexity index is 1460. The molecule has 21 atom stereocenters. The lowest BCUT2D eigenvalue weighted by Crippen LogP contribution is -2.65. The van der Waals surface area contributed by atoms with E-state index >= 15 is 0 Å². The van der Waals surface area contributed by atoms with Gasteiger partial charge in [0.1, 0.15) is 42.7 Å². The monoisotopic (exact) mass is 784 g/mol. The minimum absolute atomic E-state index is 0.0633. The first-order valence-corrected chi connectivity index (χ1v) is 20.9. The summed E-state index contributed by atoms with van der Waals surface area (Å²) < 4.78 is 31.9. The summed E-state index contributed by atoms with van der Waals surface area (Å²) in [5, 5.41) is 97.2. The van der Waals surface area contributed by atoms with Crippen molar-refractivity contribution in [1.29, 1.82) is 0 Å². The minimum Gasteiger partial charge on any atom is -0.394 e. The van der Waals surface area contributed by atoms with Gasteiger partial charge >= 0.3 is 0 Å². The fraction of sp³-hybridized carbons (Fsp3) is 1.00. The van der Waals surface area contributed by atoms with Gasteiger partial charge in [-0.25, -0.2) is 0 Å². The largest absolute Gasteiger partial charge is 0.394 e. The molecule has 0 aromatic carbocycles. The Morgan fingerprint density at radius 3 is 2.05 bits per heavy atom. The molecule has 8 rings (SSSR count). The zero-order valence-electron chi connectivity index (χ0n) is 33.6. The zero-order valence-corrected chi connectivity index (χ0v) is 33.6. The maximum Gasteiger partial charge on any atom is 0.186 e. The Hall–Kier alpha value is -0.560. The maximum absolute atomic E-state index is 12.2. The molecule has 3 saturated heterocycles. The summed E-state index contributed by atoms with van der Waals surface area (Å²) in [6, 6.07) is 0. The lowest BCUT2D eigenvalue weighted by atomic mass is 9.41. The van der Waals surface area contributed by atoms with Gasteiger partial charge in [0, 0.05) is 5.92 Å². The topological polar surface area (TPSA) is 228 Å². The van der Waals surface area contributed by atoms with Gasteiger partial charge in [0.2, 0.25) is 0 Å². The molecule has 14 heteroatoms. The van der Waals surface area contributed by atoms with Gasteiger partial charge in [-0.15, -0.1) is 0 Å². The second-order valence-corrected chi connectivity index (χ2v) is 21.1. The fourth-order valence-corrected chi connectivity index (χ4v) is 14.9. The van der Waals surface area contributed by atoms with Gasteiger partial charge in [-0.1, -0.05) is 27.7 Å². The van der Waals surface area contributed by atoms with Gasteiger partial charge in [0.25, 0.3) is 0 Å². The second-order valence-electron chi connectivity index (χ2n) is 21.1. The van der Waals surface area contributed by atoms with Crippen molar-refractivity contribution in [2.75, 3.05) is 13.2 Å². The molecule has 0 radical (unpaired) electrons. The van der Waals surface area contributed by atoms with Crippen molar-refractivity contribution in [3.8, 4) is 0 Å². The van der Waals surface area contributed by atoms with Crippen LogP contribution < -0.4 is 0 Å². The predicted molar refractivity (Wildman–Crippen MR) is 194 cm³/mol. The third kappa shape index (κ3) is 5.70. The van der Waals surface area contributed by atoms with Crippen molar-refractivity contribution >= 4 is 0 Å². The maximum atomic E-state index is 12.2. The molecule has 16 unspecified atom stereocenters. The molecule has 5 saturated carbocycles. The van der Waals surface area contributed by atoms with Gasteiger partial charge in [-0.2, -0.15) is 0 Å². The summed E-state index contributed by atoms with van der Waals surface area (Å²) in [4.78, 5) is 0. The number of ether oxygens (including phenoxy) is 5. The molecule has 14 nitrogen and oxygen atoms in total. The molecule has 3 aliphatic heterocycles. The van der Waals surface area contributed by atoms with Crippen molar-refractivity contribution in [2.45, 2.75) is 197 Å². The van der Waals surface area contributed by atoms with Gasteiger partial charge in [-0.3, -0.25) is 0 Å². The van der Waals surface area contributed by atoms with Gasteiger partial charge in [0.05, 0.1) is 48.8 Å². The van der Waals surface area contributed by atoms with E-state index in [1.807, 2.05) is 0 Å². The van der Waals surface area contributed by atoms with Crippen LogP contribution >= 0.6 is 0 Å². The summed E-state index contributed by atoms with van der Waals surface area (Å²) in [5.41, 5.74) is -3.16. The lowest BCUT2D eigenvalue weighted by Gasteiger charge is -2.65. The standard InChI is InChI=1S/C41H68O14/c1-35(2)24(54-33-29(48)26(45)20(44)17-51-33)9-11-41-18-40(41)13-12-37(5)31(39(7)10-8-25(55-39)36(3,4)50)19(43)15-38(37,6)23(40)14-21(32(35)41)52-34-30(49)28(47)27(46)22(16-42)53-34/h19-34,42-50H,8-18H2,1-7H3/t19?,20?,21?,22?,23?,24?,25?,26?,27?,28?,29?,30?,31?,32?,33?,34?,37-,38+,39-,40+,41-/m1/s1. The molecule has 9 N–H and O–H groups in total. The SMILES string of the molecule is CC(C)(O)C1CC[C@](C)(C2C(O)C[C@@]3(C)C4CC(OC5OC(CO)C(O)C(O)C5O)C5C(C)(C)C(OC6OCC(O)C(O)C6O)CC[C@@]56C[C@@]46CC[C@]23C)O1. The van der Waals surface area contributed by atoms with Crippen molar-refractivity contribution < 1.29 is 69.6 Å². The van der Waals surface area contributed by atoms with E-state index in [0.29, 0.717) is 25.7 Å². The number of fused-ring (bicyclic) bond motifs is 2. The molecule has 3 heterocycles. The average molecular weight is 785 g/mol. The Kier molecular flexibility index (Phi) is 9.90. The highest BCUT2D eigenvalue weighted by Gasteiger charge is 2.85. The van der Waals surface area contributed by atoms with Gasteiger partial charge < -0.3 is 69.6 Å². The number of hydrogen-bond donors (Lipinski definition) is 9. The van der Waals surface area contributed by atoms with Crippen LogP contribution in [0.5, 0.6) is 0 Å². The van der Waals surface area contributed by atoms with Crippen LogP contribution in [0.15, 0.2) is 0 Å². The van der Waals surface area contributed by atoms with E-state index in [1.54, 1.807) is 13.8 Å². The molecule has 2 spiro atoms. The highest BCUT2D eigenvalue weighted by Crippen LogP contribution is 2.89. The minimum atomic E-state index is -1.60. The number of aliphatic hydroxyl groups is 9. The number of aliphatic hydroxyl groups excluding tert-OH is 8. The van der Waals surface area contributed by atoms with Crippen LogP contribution in [0.1, 0.15) is 106 Å². The highest BCUT2D eigenvalue weighted by molar-refractivity contribution is 5.33. The molecular formula is C41H68O14. The first kappa shape index (κ1) is 41.2. The number of rotatable bonds is 7. The Balaban J connectivity index is 1.15. The van der Waals surface area contributed by atoms with Crippen LogP contribution in [0.4, 0.5) is 0 Å². The average Bonchev–Trinajstić information content (AvgIpc) is 3.47. The van der Waals surface area contributed by atoms with E-state index < -0.39 is 96.8 Å². The normalized spacial score (nSPS) is 58.7. The third-order valence-corrected chi connectivity index (χ3v) is 17.6. The van der Waals surface area contributed by atoms with Crippen LogP contribution in [-0.2, 0) is 23.7 Å². The summed E-state index contributed by atoms with van der Waals surface area (Å²) in [7, 11) is 0. The Labute approximate surface area is 324 Å². The van der Waals surface area contributed by atoms with Crippen LogP contribution in [-0.4, -0.2) is 150 Å². The summed E-state index contributed by atoms with van der Waals surface area (Å²) in [5.74, 6) is -0.215. The smallest absolute Gasteiger partial charge is 0.186 e. The summed E-state index contributed by atoms with van der Waals surface area (Å²) in [6.07, 6.45) is -7.48. The first-order chi connectivity index (χ1) is 25.5. The van der Waals surface area contributed by atoms with E-state index in [0.717, 1.165) is 32.1 Å². The molecule has 55 heavy (non-hydrogen) atoms. The Morgan fingerprint density at radius 1 is 0.709 bits per heavy atom. The molecule has 316 valence electrons. The van der Waals surface area contributed by atoms with Crippen LogP contribution in [0.3, 0.4) is 0 Å². The van der Waals surface area contributed by atoms with Crippen molar-refractivity contribution in [2.24, 2.45) is 44.8 Å². The quantitative estimate of drug-likeness (QED) is 0.162. The molecule has 0 aromatic rings. The molecular weight excluding hydrogens is 716 g/mol. The van der Waals surface area contributed by atoms with E-state index in [9.17, 15) is 46.0 Å². The molecule has 8 fully saturated rings. The summed E-state index contributed by atoms with van der Waals surface area (Å²) >= 11 is 0. The summed E-state index contributed by atoms with van der Waals surface area (Å²) in [6.45, 7) is 13.8. The van der Waals surface area contributed by atoms with E-state index in [4.69, 9.17) is 23.7 Å². The zero-order chi connectivity index (χ0) is 40.1. The van der Waals surface area contributed by atoms with Crippen LogP contribution in [0.2, 0.25) is 0 Å². The van der Waals surface area contributed by atoms with Crippen molar-refractivity contribution in [3.63, 3.8) is 0 Å². The molecule has 5 aliphatic carbocycles. The first-order valence-electron chi connectivity index (χ1n) is 20.9. The molecule has 0 amide bonds. The fourth-order valence-electron chi connectivity index (χ4n) is 14.9. The molecule has 0 bridgehead atoms. The third-order valence-electron chi connectivity index (χ3n) is 17.6. The van der Waals surface area contributed by atoms with Crippen molar-refractivity contribution in [3.05, 3.63) is 0 Å². The van der Waals surface area contributed by atoms with Gasteiger partial charge in [-0.05, 0) is 117 Å². The lowest BCUT2D eigenvalue weighted by molar-refractivity contribution is -0.339. The number of hydrogen-bond acceptors (Lipinski definition) is 14. The Morgan fingerprint density at radius 2 is 1.40 bits per heavy atom. The van der Waals surface area contributed by atoms with E-state index in [-0.39, 0.29) is 52.1 Å². The van der Waals surface area contributed by atoms with Crippen LogP contribution in [0, 0.1) is 44.8 Å².